The predicted molar refractivity (Wildman–Crippen MR) is 81.7 cm³/mol. The maximum Gasteiger partial charge on any atom is 0.303 e. The van der Waals surface area contributed by atoms with Crippen LogP contribution in [0.15, 0.2) is 28.7 Å². The molecule has 0 saturated carbocycles. The minimum atomic E-state index is -0.809. The second-order valence-corrected chi connectivity index (χ2v) is 5.47. The molecule has 0 aliphatic carbocycles. The van der Waals surface area contributed by atoms with Gasteiger partial charge in [0.15, 0.2) is 0 Å². The number of hydrogen-bond donors (Lipinski definition) is 1. The smallest absolute Gasteiger partial charge is 0.303 e. The quantitative estimate of drug-likeness (QED) is 0.909. The number of carboxylic acids is 1. The lowest BCUT2D eigenvalue weighted by Gasteiger charge is -2.04. The van der Waals surface area contributed by atoms with E-state index < -0.39 is 5.97 Å². The first-order chi connectivity index (χ1) is 9.52. The van der Waals surface area contributed by atoms with Gasteiger partial charge in [-0.1, -0.05) is 31.2 Å². The summed E-state index contributed by atoms with van der Waals surface area (Å²) in [7, 11) is 1.87. The third-order valence-electron chi connectivity index (χ3n) is 3.27. The Kier molecular flexibility index (Phi) is 4.60. The van der Waals surface area contributed by atoms with E-state index in [1.807, 2.05) is 7.05 Å². The van der Waals surface area contributed by atoms with Crippen LogP contribution in [0.3, 0.4) is 0 Å². The van der Waals surface area contributed by atoms with Crippen LogP contribution in [-0.4, -0.2) is 20.9 Å². The van der Waals surface area contributed by atoms with Gasteiger partial charge in [-0.3, -0.25) is 9.48 Å². The molecule has 2 rings (SSSR count). The lowest BCUT2D eigenvalue weighted by atomic mass is 10.1. The molecule has 0 bridgehead atoms. The number of carbonyl (C=O) groups is 1. The molecule has 0 spiro atoms. The number of nitrogens with zero attached hydrogens (tertiary/aromatic N) is 2. The van der Waals surface area contributed by atoms with Crippen molar-refractivity contribution in [3.63, 3.8) is 0 Å². The Morgan fingerprint density at radius 3 is 2.55 bits per heavy atom. The van der Waals surface area contributed by atoms with Crippen LogP contribution in [0.1, 0.15) is 24.6 Å². The van der Waals surface area contributed by atoms with Gasteiger partial charge in [0.1, 0.15) is 0 Å². The summed E-state index contributed by atoms with van der Waals surface area (Å²) in [6.45, 7) is 2.12. The van der Waals surface area contributed by atoms with Crippen molar-refractivity contribution < 1.29 is 9.90 Å². The van der Waals surface area contributed by atoms with Gasteiger partial charge in [-0.2, -0.15) is 5.10 Å². The Balaban J connectivity index is 2.33. The van der Waals surface area contributed by atoms with Crippen LogP contribution in [0, 0.1) is 0 Å². The second-order valence-electron chi connectivity index (χ2n) is 4.68. The van der Waals surface area contributed by atoms with Crippen LogP contribution in [0.5, 0.6) is 0 Å². The van der Waals surface area contributed by atoms with E-state index in [0.29, 0.717) is 6.42 Å². The zero-order chi connectivity index (χ0) is 14.7. The molecule has 20 heavy (non-hydrogen) atoms. The molecule has 2 aromatic rings. The Morgan fingerprint density at radius 1 is 1.35 bits per heavy atom. The Bertz CT molecular complexity index is 618. The highest BCUT2D eigenvalue weighted by Gasteiger charge is 2.16. The van der Waals surface area contributed by atoms with E-state index in [0.717, 1.165) is 27.8 Å². The molecule has 1 heterocycles. The summed E-state index contributed by atoms with van der Waals surface area (Å²) in [5, 5.41) is 13.2. The van der Waals surface area contributed by atoms with Crippen molar-refractivity contribution in [2.75, 3.05) is 0 Å². The Morgan fingerprint density at radius 2 is 2.00 bits per heavy atom. The summed E-state index contributed by atoms with van der Waals surface area (Å²) in [5.74, 6) is -0.809. The maximum atomic E-state index is 10.7. The molecule has 0 atom stereocenters. The second kappa shape index (κ2) is 6.22. The van der Waals surface area contributed by atoms with Crippen molar-refractivity contribution in [1.29, 1.82) is 0 Å². The number of carboxylic acid groups (broad SMARTS) is 1. The summed E-state index contributed by atoms with van der Waals surface area (Å²) in [6, 6.07) is 8.35. The summed E-state index contributed by atoms with van der Waals surface area (Å²) in [4.78, 5) is 10.7. The van der Waals surface area contributed by atoms with Gasteiger partial charge in [-0.25, -0.2) is 0 Å². The van der Waals surface area contributed by atoms with Crippen molar-refractivity contribution in [1.82, 2.24) is 9.78 Å². The third-order valence-corrected chi connectivity index (χ3v) is 4.10. The fourth-order valence-corrected chi connectivity index (χ4v) is 2.91. The minimum Gasteiger partial charge on any atom is -0.481 e. The van der Waals surface area contributed by atoms with Crippen molar-refractivity contribution >= 4 is 21.9 Å². The van der Waals surface area contributed by atoms with Crippen molar-refractivity contribution in [3.8, 4) is 11.3 Å². The molecule has 106 valence electrons. The molecule has 0 unspecified atom stereocenters. The normalized spacial score (nSPS) is 10.8. The fourth-order valence-electron chi connectivity index (χ4n) is 2.15. The van der Waals surface area contributed by atoms with Gasteiger partial charge in [0.05, 0.1) is 22.3 Å². The molecular formula is C15H17BrN2O2. The summed E-state index contributed by atoms with van der Waals surface area (Å²) < 4.78 is 2.67. The average Bonchev–Trinajstić information content (AvgIpc) is 2.71. The van der Waals surface area contributed by atoms with E-state index in [9.17, 15) is 4.79 Å². The fraction of sp³-hybridized carbons (Fsp3) is 0.333. The molecule has 0 aliphatic heterocycles. The summed E-state index contributed by atoms with van der Waals surface area (Å²) >= 11 is 3.55. The molecule has 1 N–H and O–H groups in total. The molecule has 0 aliphatic rings. The molecule has 1 aromatic carbocycles. The first-order valence-electron chi connectivity index (χ1n) is 6.55. The SMILES string of the molecule is CCc1ccc(-c2c(Br)c(CCC(=O)O)nn2C)cc1. The van der Waals surface area contributed by atoms with Crippen LogP contribution >= 0.6 is 15.9 Å². The Labute approximate surface area is 126 Å². The molecule has 5 heteroatoms. The zero-order valence-corrected chi connectivity index (χ0v) is 13.1. The van der Waals surface area contributed by atoms with Crippen LogP contribution in [-0.2, 0) is 24.7 Å². The van der Waals surface area contributed by atoms with Crippen molar-refractivity contribution in [2.24, 2.45) is 7.05 Å². The maximum absolute atomic E-state index is 10.7. The van der Waals surface area contributed by atoms with E-state index in [-0.39, 0.29) is 6.42 Å². The predicted octanol–water partition coefficient (Wildman–Crippen LogP) is 3.43. The number of rotatable bonds is 5. The number of benzene rings is 1. The highest BCUT2D eigenvalue weighted by atomic mass is 79.9. The molecule has 1 aromatic heterocycles. The zero-order valence-electron chi connectivity index (χ0n) is 11.6. The molecule has 4 nitrogen and oxygen atoms in total. The molecule has 0 amide bonds. The monoisotopic (exact) mass is 336 g/mol. The van der Waals surface area contributed by atoms with Gasteiger partial charge in [0.25, 0.3) is 0 Å². The van der Waals surface area contributed by atoms with E-state index in [4.69, 9.17) is 5.11 Å². The van der Waals surface area contributed by atoms with Gasteiger partial charge >= 0.3 is 5.97 Å². The number of aryl methyl sites for hydroxylation is 3. The number of hydrogen-bond acceptors (Lipinski definition) is 2. The van der Waals surface area contributed by atoms with Gasteiger partial charge in [0, 0.05) is 19.0 Å². The number of aromatic nitrogens is 2. The average molecular weight is 337 g/mol. The standard InChI is InChI=1S/C15H17BrN2O2/c1-3-10-4-6-11(7-5-10)15-14(16)12(17-18(15)2)8-9-13(19)20/h4-7H,3,8-9H2,1-2H3,(H,19,20). The number of aliphatic carboxylic acids is 1. The first-order valence-corrected chi connectivity index (χ1v) is 7.34. The minimum absolute atomic E-state index is 0.0871. The first kappa shape index (κ1) is 14.8. The molecule has 0 saturated heterocycles. The molecule has 0 fully saturated rings. The van der Waals surface area contributed by atoms with E-state index >= 15 is 0 Å². The summed E-state index contributed by atoms with van der Waals surface area (Å²) in [6.07, 6.45) is 1.53. The van der Waals surface area contributed by atoms with E-state index in [2.05, 4.69) is 52.2 Å². The van der Waals surface area contributed by atoms with Crippen molar-refractivity contribution in [3.05, 3.63) is 40.0 Å². The summed E-state index contributed by atoms with van der Waals surface area (Å²) in [5.41, 5.74) is 4.13. The topological polar surface area (TPSA) is 55.1 Å². The lowest BCUT2D eigenvalue weighted by Crippen LogP contribution is -1.99. The van der Waals surface area contributed by atoms with Gasteiger partial charge < -0.3 is 5.11 Å². The van der Waals surface area contributed by atoms with Gasteiger partial charge in [-0.15, -0.1) is 0 Å². The number of halogens is 1. The van der Waals surface area contributed by atoms with Crippen LogP contribution in [0.2, 0.25) is 0 Å². The van der Waals surface area contributed by atoms with Gasteiger partial charge in [-0.05, 0) is 27.9 Å². The van der Waals surface area contributed by atoms with Crippen molar-refractivity contribution in [2.45, 2.75) is 26.2 Å². The van der Waals surface area contributed by atoms with E-state index in [1.54, 1.807) is 4.68 Å². The third kappa shape index (κ3) is 3.10. The molecule has 0 radical (unpaired) electrons. The van der Waals surface area contributed by atoms with Gasteiger partial charge in [0.2, 0.25) is 0 Å². The van der Waals surface area contributed by atoms with Crippen LogP contribution < -0.4 is 0 Å². The molecular weight excluding hydrogens is 320 g/mol. The highest BCUT2D eigenvalue weighted by molar-refractivity contribution is 9.10. The van der Waals surface area contributed by atoms with Crippen LogP contribution in [0.4, 0.5) is 0 Å². The van der Waals surface area contributed by atoms with Crippen LogP contribution in [0.25, 0.3) is 11.3 Å². The lowest BCUT2D eigenvalue weighted by molar-refractivity contribution is -0.136. The highest BCUT2D eigenvalue weighted by Crippen LogP contribution is 2.31. The largest absolute Gasteiger partial charge is 0.481 e. The Hall–Kier alpha value is -1.62. The van der Waals surface area contributed by atoms with E-state index in [1.165, 1.54) is 5.56 Å².